The highest BCUT2D eigenvalue weighted by atomic mass is 35.5. The van der Waals surface area contributed by atoms with E-state index >= 15 is 0 Å². The van der Waals surface area contributed by atoms with Crippen molar-refractivity contribution in [3.63, 3.8) is 0 Å². The molecule has 3 heterocycles. The molecule has 1 aliphatic rings. The van der Waals surface area contributed by atoms with E-state index < -0.39 is 45.8 Å². The Kier molecular flexibility index (Phi) is 9.19. The Morgan fingerprint density at radius 1 is 1.10 bits per heavy atom. The van der Waals surface area contributed by atoms with Crippen molar-refractivity contribution in [3.8, 4) is 5.69 Å². The number of halogens is 5. The Morgan fingerprint density at radius 2 is 1.78 bits per heavy atom. The fourth-order valence-electron chi connectivity index (χ4n) is 6.45. The van der Waals surface area contributed by atoms with Gasteiger partial charge in [0.1, 0.15) is 17.5 Å². The van der Waals surface area contributed by atoms with Crippen molar-refractivity contribution in [2.45, 2.75) is 63.5 Å². The Balaban J connectivity index is 1.63. The summed E-state index contributed by atoms with van der Waals surface area (Å²) < 4.78 is 85.5. The number of nitrogens with one attached hydrogen (secondary N) is 1. The Bertz CT molecular complexity index is 2250. The number of benzene rings is 2. The zero-order valence-electron chi connectivity index (χ0n) is 26.4. The van der Waals surface area contributed by atoms with Crippen molar-refractivity contribution in [1.29, 1.82) is 0 Å². The molecule has 0 bridgehead atoms. The molecule has 4 N–H and O–H groups in total. The third-order valence-electron chi connectivity index (χ3n) is 8.59. The third-order valence-corrected chi connectivity index (χ3v) is 9.46. The highest BCUT2D eigenvalue weighted by molar-refractivity contribution is 7.92. The van der Waals surface area contributed by atoms with Crippen molar-refractivity contribution >= 4 is 49.4 Å². The largest absolute Gasteiger partial charge is 0.394 e. The molecule has 0 aliphatic heterocycles. The minimum absolute atomic E-state index is 0.0120. The van der Waals surface area contributed by atoms with E-state index in [2.05, 4.69) is 14.8 Å². The smallest absolute Gasteiger partial charge is 0.268 e. The number of pyridine rings is 1. The van der Waals surface area contributed by atoms with Gasteiger partial charge in [-0.25, -0.2) is 35.9 Å². The third kappa shape index (κ3) is 7.00. The highest BCUT2D eigenvalue weighted by Gasteiger charge is 2.36. The number of sulfonamides is 1. The Labute approximate surface area is 282 Å². The number of hydrogen-bond donors (Lipinski definition) is 3. The summed E-state index contributed by atoms with van der Waals surface area (Å²) in [7, 11) is -3.85. The van der Waals surface area contributed by atoms with Gasteiger partial charge in [-0.15, -0.1) is 0 Å². The van der Waals surface area contributed by atoms with Gasteiger partial charge in [-0.3, -0.25) is 18.8 Å². The second-order valence-electron chi connectivity index (χ2n) is 12.4. The molecule has 0 amide bonds. The van der Waals surface area contributed by atoms with Gasteiger partial charge in [-0.2, -0.15) is 5.10 Å². The predicted octanol–water partition coefficient (Wildman–Crippen LogP) is 5.27. The number of aliphatic hydroxyl groups is 1. The summed E-state index contributed by atoms with van der Waals surface area (Å²) in [5, 5.41) is 14.5. The molecule has 0 radical (unpaired) electrons. The molecule has 1 saturated carbocycles. The van der Waals surface area contributed by atoms with Crippen LogP contribution in [0.25, 0.3) is 27.6 Å². The van der Waals surface area contributed by atoms with E-state index in [4.69, 9.17) is 22.3 Å². The zero-order chi connectivity index (χ0) is 35.4. The van der Waals surface area contributed by atoms with Crippen LogP contribution in [-0.2, 0) is 23.0 Å². The first-order chi connectivity index (χ1) is 23.0. The summed E-state index contributed by atoms with van der Waals surface area (Å²) in [6.45, 7) is 1.14. The van der Waals surface area contributed by atoms with Crippen LogP contribution in [0.4, 0.5) is 23.4 Å². The Morgan fingerprint density at radius 3 is 2.41 bits per heavy atom. The number of rotatable bonds is 9. The molecule has 17 heteroatoms. The fourth-order valence-corrected chi connectivity index (χ4v) is 7.18. The Hall–Kier alpha value is -4.12. The first kappa shape index (κ1) is 34.7. The van der Waals surface area contributed by atoms with Gasteiger partial charge in [0.05, 0.1) is 52.4 Å². The first-order valence-electron chi connectivity index (χ1n) is 15.4. The first-order valence-corrected chi connectivity index (χ1v) is 17.6. The van der Waals surface area contributed by atoms with E-state index in [0.29, 0.717) is 17.3 Å². The van der Waals surface area contributed by atoms with Gasteiger partial charge in [0.25, 0.3) is 5.56 Å². The lowest BCUT2D eigenvalue weighted by atomic mass is 9.84. The average molecular weight is 722 g/mol. The van der Waals surface area contributed by atoms with Crippen LogP contribution in [0.1, 0.15) is 60.3 Å². The van der Waals surface area contributed by atoms with Crippen molar-refractivity contribution in [2.24, 2.45) is 5.73 Å². The SMILES string of the molecule is Cc1cc(C2CCC(F)(F)CC2)nc2nc([C@@H](N)Cc3cc(F)cc(F)c3)n(-c3ccc(Cl)c4c(NS(C)(=O)=O)nn(CCO)c34)c(=O)c12. The van der Waals surface area contributed by atoms with Crippen LogP contribution >= 0.6 is 11.6 Å². The lowest BCUT2D eigenvalue weighted by molar-refractivity contribution is -0.0384. The van der Waals surface area contributed by atoms with E-state index in [1.54, 1.807) is 13.0 Å². The predicted molar refractivity (Wildman–Crippen MR) is 177 cm³/mol. The summed E-state index contributed by atoms with van der Waals surface area (Å²) in [4.78, 5) is 24.0. The molecule has 2 aromatic carbocycles. The molecule has 5 aromatic rings. The number of hydrogen-bond acceptors (Lipinski definition) is 8. The van der Waals surface area contributed by atoms with Crippen LogP contribution in [0.15, 0.2) is 41.2 Å². The van der Waals surface area contributed by atoms with Crippen molar-refractivity contribution < 1.29 is 31.1 Å². The average Bonchev–Trinajstić information content (AvgIpc) is 3.34. The topological polar surface area (TPSA) is 158 Å². The van der Waals surface area contributed by atoms with Crippen LogP contribution in [0.2, 0.25) is 5.02 Å². The summed E-state index contributed by atoms with van der Waals surface area (Å²) in [5.74, 6) is -4.92. The van der Waals surface area contributed by atoms with E-state index in [1.807, 2.05) is 0 Å². The number of alkyl halides is 2. The van der Waals surface area contributed by atoms with Crippen molar-refractivity contribution in [3.05, 3.63) is 86.1 Å². The van der Waals surface area contributed by atoms with Gasteiger partial charge in [0, 0.05) is 30.5 Å². The molecule has 0 unspecified atom stereocenters. The number of nitrogens with zero attached hydrogens (tertiary/aromatic N) is 5. The standard InChI is InChI=1S/C32H32ClF4N7O4S/c1-16-11-23(18-5-7-32(36,37)8-6-18)39-28-25(16)31(46)44(30(40-28)22(38)14-17-12-19(34)15-20(35)13-17)24-4-3-21(33)26-27(24)43(9-10-45)41-29(26)42-49(2,47)48/h3-4,11-13,15,18,22,45H,5-10,14,38H2,1-2H3,(H,41,42)/t22-/m0/s1. The normalized spacial score (nSPS) is 16.0. The lowest BCUT2D eigenvalue weighted by Gasteiger charge is -2.28. The van der Waals surface area contributed by atoms with Gasteiger partial charge in [0.2, 0.25) is 15.9 Å². The minimum Gasteiger partial charge on any atom is -0.394 e. The molecule has 1 aliphatic carbocycles. The maximum absolute atomic E-state index is 14.6. The molecule has 0 spiro atoms. The van der Waals surface area contributed by atoms with E-state index in [-0.39, 0.29) is 94.4 Å². The van der Waals surface area contributed by atoms with E-state index in [0.717, 1.165) is 18.4 Å². The number of aromatic nitrogens is 5. The van der Waals surface area contributed by atoms with Crippen LogP contribution in [0, 0.1) is 18.6 Å². The molecule has 1 fully saturated rings. The maximum atomic E-state index is 14.6. The van der Waals surface area contributed by atoms with Crippen LogP contribution < -0.4 is 16.0 Å². The molecule has 0 saturated heterocycles. The molecule has 49 heavy (non-hydrogen) atoms. The quantitative estimate of drug-likeness (QED) is 0.174. The number of anilines is 1. The number of aryl methyl sites for hydroxylation is 1. The number of aliphatic hydroxyl groups excluding tert-OH is 1. The summed E-state index contributed by atoms with van der Waals surface area (Å²) >= 11 is 6.57. The monoisotopic (exact) mass is 721 g/mol. The van der Waals surface area contributed by atoms with Crippen LogP contribution in [-0.4, -0.2) is 56.6 Å². The van der Waals surface area contributed by atoms with E-state index in [9.17, 15) is 35.9 Å². The van der Waals surface area contributed by atoms with Gasteiger partial charge in [-0.1, -0.05) is 11.6 Å². The summed E-state index contributed by atoms with van der Waals surface area (Å²) in [6.07, 6.45) is 0.555. The van der Waals surface area contributed by atoms with Gasteiger partial charge in [0.15, 0.2) is 11.5 Å². The molecule has 260 valence electrons. The summed E-state index contributed by atoms with van der Waals surface area (Å²) in [5.41, 5.74) is 7.49. The number of fused-ring (bicyclic) bond motifs is 2. The maximum Gasteiger partial charge on any atom is 0.268 e. The molecule has 6 rings (SSSR count). The number of nitrogens with two attached hydrogens (primary N) is 1. The lowest BCUT2D eigenvalue weighted by Crippen LogP contribution is -2.31. The second-order valence-corrected chi connectivity index (χ2v) is 14.5. The van der Waals surface area contributed by atoms with E-state index in [1.165, 1.54) is 21.4 Å². The fraction of sp³-hybridized carbons (Fsp3) is 0.375. The molecule has 1 atom stereocenters. The second kappa shape index (κ2) is 13.0. The molecular weight excluding hydrogens is 690 g/mol. The van der Waals surface area contributed by atoms with Crippen molar-refractivity contribution in [2.75, 3.05) is 17.6 Å². The van der Waals surface area contributed by atoms with Crippen molar-refractivity contribution in [1.82, 2.24) is 24.3 Å². The van der Waals surface area contributed by atoms with Gasteiger partial charge < -0.3 is 10.8 Å². The molecule has 11 nitrogen and oxygen atoms in total. The van der Waals surface area contributed by atoms with Gasteiger partial charge in [-0.05, 0) is 67.6 Å². The van der Waals surface area contributed by atoms with Crippen LogP contribution in [0.3, 0.4) is 0 Å². The van der Waals surface area contributed by atoms with Gasteiger partial charge >= 0.3 is 0 Å². The highest BCUT2D eigenvalue weighted by Crippen LogP contribution is 2.41. The molecule has 3 aromatic heterocycles. The molecular formula is C32H32ClF4N7O4S. The minimum atomic E-state index is -3.85. The zero-order valence-corrected chi connectivity index (χ0v) is 27.9. The van der Waals surface area contributed by atoms with Crippen LogP contribution in [0.5, 0.6) is 0 Å². The summed E-state index contributed by atoms with van der Waals surface area (Å²) in [6, 6.07) is 6.35.